The molecule has 0 aliphatic carbocycles. The van der Waals surface area contributed by atoms with E-state index >= 15 is 0 Å². The Hall–Kier alpha value is -3.86. The number of aromatic nitrogens is 4. The number of terminal acetylenes is 1. The van der Waals surface area contributed by atoms with E-state index in [0.29, 0.717) is 12.2 Å². The minimum absolute atomic E-state index is 0.128. The molecule has 0 saturated heterocycles. The summed E-state index contributed by atoms with van der Waals surface area (Å²) in [5, 5.41) is 18.9. The number of hydrogen-bond acceptors (Lipinski definition) is 5. The van der Waals surface area contributed by atoms with Gasteiger partial charge in [-0.2, -0.15) is 10.2 Å². The normalized spacial score (nSPS) is 17.1. The molecule has 3 heterocycles. The molecule has 0 radical (unpaired) electrons. The number of benzene rings is 1. The van der Waals surface area contributed by atoms with Gasteiger partial charge in [0.1, 0.15) is 11.7 Å². The summed E-state index contributed by atoms with van der Waals surface area (Å²) in [4.78, 5) is 25.9. The highest BCUT2D eigenvalue weighted by molar-refractivity contribution is 5.95. The van der Waals surface area contributed by atoms with Crippen LogP contribution in [0.4, 0.5) is 0 Å². The Balaban J connectivity index is 1.94. The predicted octanol–water partition coefficient (Wildman–Crippen LogP) is 1.04. The fourth-order valence-corrected chi connectivity index (χ4v) is 3.54. The lowest BCUT2D eigenvalue weighted by molar-refractivity contribution is 0.0667. The second kappa shape index (κ2) is 6.70. The molecular formula is C20H17N5O3. The third-order valence-corrected chi connectivity index (χ3v) is 4.86. The van der Waals surface area contributed by atoms with Crippen molar-refractivity contribution in [2.45, 2.75) is 12.1 Å². The Morgan fingerprint density at radius 2 is 2.00 bits per heavy atom. The van der Waals surface area contributed by atoms with Gasteiger partial charge in [0.15, 0.2) is 11.4 Å². The Morgan fingerprint density at radius 1 is 1.25 bits per heavy atom. The summed E-state index contributed by atoms with van der Waals surface area (Å²) in [5.41, 5.74) is 0.583. The molecule has 140 valence electrons. The van der Waals surface area contributed by atoms with Crippen molar-refractivity contribution in [1.29, 1.82) is 0 Å². The minimum atomic E-state index is -0.696. The summed E-state index contributed by atoms with van der Waals surface area (Å²) in [7, 11) is 1.62. The molecule has 8 heteroatoms. The van der Waals surface area contributed by atoms with Crippen LogP contribution < -0.4 is 5.43 Å². The van der Waals surface area contributed by atoms with E-state index < -0.39 is 23.1 Å². The predicted molar refractivity (Wildman–Crippen MR) is 101 cm³/mol. The molecule has 4 rings (SSSR count). The van der Waals surface area contributed by atoms with E-state index in [1.54, 1.807) is 24.0 Å². The first kappa shape index (κ1) is 17.5. The van der Waals surface area contributed by atoms with Crippen molar-refractivity contribution >= 4 is 5.91 Å². The Kier molecular flexibility index (Phi) is 4.20. The summed E-state index contributed by atoms with van der Waals surface area (Å²) in [6.45, 7) is 0.311. The fraction of sp³-hybridized carbons (Fsp3) is 0.200. The molecule has 1 aliphatic rings. The van der Waals surface area contributed by atoms with Crippen LogP contribution in [0, 0.1) is 12.3 Å². The average Bonchev–Trinajstić information content (AvgIpc) is 3.18. The van der Waals surface area contributed by atoms with Crippen molar-refractivity contribution < 1.29 is 9.90 Å². The van der Waals surface area contributed by atoms with Gasteiger partial charge in [-0.15, -0.1) is 6.42 Å². The maximum absolute atomic E-state index is 12.6. The van der Waals surface area contributed by atoms with Gasteiger partial charge in [-0.1, -0.05) is 30.3 Å². The molecule has 1 amide bonds. The molecule has 0 saturated carbocycles. The molecule has 0 spiro atoms. The molecule has 1 aromatic carbocycles. The molecule has 1 N–H and O–H groups in total. The van der Waals surface area contributed by atoms with Gasteiger partial charge in [0.05, 0.1) is 12.2 Å². The highest BCUT2D eigenvalue weighted by Gasteiger charge is 2.38. The quantitative estimate of drug-likeness (QED) is 0.691. The second-order valence-corrected chi connectivity index (χ2v) is 6.58. The van der Waals surface area contributed by atoms with Crippen LogP contribution in [0.15, 0.2) is 53.6 Å². The number of likely N-dealkylation sites (N-methyl/N-ethyl adjacent to an activating group) is 1. The molecule has 8 nitrogen and oxygen atoms in total. The number of hydrogen-bond donors (Lipinski definition) is 1. The van der Waals surface area contributed by atoms with Crippen LogP contribution in [0.5, 0.6) is 5.75 Å². The van der Waals surface area contributed by atoms with E-state index in [2.05, 4.69) is 16.1 Å². The average molecular weight is 375 g/mol. The number of carbonyl (C=O) groups is 1. The molecule has 2 aromatic heterocycles. The molecule has 0 unspecified atom stereocenters. The van der Waals surface area contributed by atoms with Crippen molar-refractivity contribution in [1.82, 2.24) is 24.5 Å². The third-order valence-electron chi connectivity index (χ3n) is 4.86. The lowest BCUT2D eigenvalue weighted by atomic mass is 9.97. The number of carbonyl (C=O) groups excluding carboxylic acids is 1. The Labute approximate surface area is 160 Å². The molecule has 1 aliphatic heterocycles. The van der Waals surface area contributed by atoms with Gasteiger partial charge in [-0.05, 0) is 17.6 Å². The third kappa shape index (κ3) is 2.74. The summed E-state index contributed by atoms with van der Waals surface area (Å²) >= 11 is 0. The lowest BCUT2D eigenvalue weighted by Gasteiger charge is -2.37. The van der Waals surface area contributed by atoms with E-state index in [-0.39, 0.29) is 11.7 Å². The second-order valence-electron chi connectivity index (χ2n) is 6.58. The van der Waals surface area contributed by atoms with Gasteiger partial charge in [0, 0.05) is 19.8 Å². The van der Waals surface area contributed by atoms with Crippen molar-refractivity contribution in [3.05, 3.63) is 76.0 Å². The van der Waals surface area contributed by atoms with Crippen LogP contribution in [0.3, 0.4) is 0 Å². The van der Waals surface area contributed by atoms with E-state index in [9.17, 15) is 14.7 Å². The fourth-order valence-electron chi connectivity index (χ4n) is 3.54. The Bertz CT molecular complexity index is 1140. The number of rotatable bonds is 3. The summed E-state index contributed by atoms with van der Waals surface area (Å²) in [6.07, 6.45) is 8.26. The zero-order chi connectivity index (χ0) is 19.8. The van der Waals surface area contributed by atoms with Crippen LogP contribution >= 0.6 is 0 Å². The molecule has 0 bridgehead atoms. The van der Waals surface area contributed by atoms with E-state index in [1.165, 1.54) is 9.58 Å². The number of nitrogens with zero attached hydrogens (tertiary/aromatic N) is 5. The highest BCUT2D eigenvalue weighted by Crippen LogP contribution is 2.35. The first-order chi connectivity index (χ1) is 13.5. The molecule has 0 fully saturated rings. The Morgan fingerprint density at radius 3 is 2.68 bits per heavy atom. The maximum Gasteiger partial charge on any atom is 0.275 e. The van der Waals surface area contributed by atoms with E-state index in [0.717, 1.165) is 11.8 Å². The van der Waals surface area contributed by atoms with Gasteiger partial charge in [0.25, 0.3) is 5.91 Å². The van der Waals surface area contributed by atoms with Crippen LogP contribution in [0.25, 0.3) is 0 Å². The van der Waals surface area contributed by atoms with Gasteiger partial charge >= 0.3 is 0 Å². The van der Waals surface area contributed by atoms with Crippen LogP contribution in [0.2, 0.25) is 0 Å². The molecule has 28 heavy (non-hydrogen) atoms. The van der Waals surface area contributed by atoms with Gasteiger partial charge in [-0.3, -0.25) is 14.3 Å². The van der Waals surface area contributed by atoms with Crippen LogP contribution in [-0.4, -0.2) is 49.1 Å². The first-order valence-corrected chi connectivity index (χ1v) is 8.64. The first-order valence-electron chi connectivity index (χ1n) is 8.64. The topological polar surface area (TPSA) is 93.3 Å². The number of fused-ring (bicyclic) bond motifs is 1. The highest BCUT2D eigenvalue weighted by atomic mass is 16.3. The molecular weight excluding hydrogens is 358 g/mol. The SMILES string of the molecule is C#Cc1ccn([C@H](c2ccccc2)[C@@H]2CN(C)C(=O)c3c(O)c(=O)cnn32)n1. The van der Waals surface area contributed by atoms with Crippen LogP contribution in [-0.2, 0) is 0 Å². The van der Waals surface area contributed by atoms with Gasteiger partial charge in [-0.25, -0.2) is 4.68 Å². The van der Waals surface area contributed by atoms with Crippen LogP contribution in [0.1, 0.15) is 33.8 Å². The maximum atomic E-state index is 12.6. The van der Waals surface area contributed by atoms with E-state index in [1.807, 2.05) is 30.3 Å². The molecule has 3 aromatic rings. The molecule has 2 atom stereocenters. The smallest absolute Gasteiger partial charge is 0.275 e. The largest absolute Gasteiger partial charge is 0.502 e. The standard InChI is InChI=1S/C20H17N5O3/c1-3-14-9-10-24(22-14)17(13-7-5-4-6-8-13)15-12-23(2)20(28)18-19(27)16(26)11-21-25(15)18/h1,4-11,15,17,27H,12H2,2H3/t15-,17+/m0/s1. The summed E-state index contributed by atoms with van der Waals surface area (Å²) < 4.78 is 3.13. The van der Waals surface area contributed by atoms with Crippen molar-refractivity contribution in [2.75, 3.05) is 13.6 Å². The van der Waals surface area contributed by atoms with E-state index in [4.69, 9.17) is 6.42 Å². The summed E-state index contributed by atoms with van der Waals surface area (Å²) in [6, 6.07) is 10.5. The zero-order valence-corrected chi connectivity index (χ0v) is 15.1. The van der Waals surface area contributed by atoms with Gasteiger partial charge < -0.3 is 10.0 Å². The van der Waals surface area contributed by atoms with Crippen molar-refractivity contribution in [3.8, 4) is 18.1 Å². The number of amides is 1. The van der Waals surface area contributed by atoms with Gasteiger partial charge in [0.2, 0.25) is 5.43 Å². The van der Waals surface area contributed by atoms with Crippen molar-refractivity contribution in [3.63, 3.8) is 0 Å². The van der Waals surface area contributed by atoms with Crippen molar-refractivity contribution in [2.24, 2.45) is 0 Å². The monoisotopic (exact) mass is 375 g/mol. The minimum Gasteiger partial charge on any atom is -0.502 e. The summed E-state index contributed by atoms with van der Waals surface area (Å²) in [5.74, 6) is 1.44. The zero-order valence-electron chi connectivity index (χ0n) is 15.1. The number of aromatic hydroxyl groups is 1. The lowest BCUT2D eigenvalue weighted by Crippen LogP contribution is -2.46.